The van der Waals surface area contributed by atoms with Crippen molar-refractivity contribution >= 4 is 23.3 Å². The zero-order chi connectivity index (χ0) is 21.9. The maximum Gasteiger partial charge on any atom is 0.238 e. The number of anilines is 1. The molecule has 5 rings (SSSR count). The maximum absolute atomic E-state index is 13.3. The molecule has 2 amide bonds. The number of hydrogen-bond donors (Lipinski definition) is 0. The van der Waals surface area contributed by atoms with Gasteiger partial charge in [-0.05, 0) is 68.4 Å². The first-order valence-electron chi connectivity index (χ1n) is 10.7. The lowest BCUT2D eigenvalue weighted by molar-refractivity contribution is -0.123. The first kappa shape index (κ1) is 19.7. The van der Waals surface area contributed by atoms with Crippen molar-refractivity contribution < 1.29 is 19.1 Å². The van der Waals surface area contributed by atoms with E-state index in [1.807, 2.05) is 26.0 Å². The van der Waals surface area contributed by atoms with Crippen LogP contribution < -0.4 is 9.64 Å². The lowest BCUT2D eigenvalue weighted by Gasteiger charge is -2.21. The average Bonchev–Trinajstić information content (AvgIpc) is 3.39. The lowest BCUT2D eigenvalue weighted by Crippen LogP contribution is -2.33. The fraction of sp³-hybridized carbons (Fsp3) is 0.346. The molecule has 2 aliphatic carbocycles. The Hall–Kier alpha value is -3.21. The van der Waals surface area contributed by atoms with Gasteiger partial charge in [0, 0.05) is 5.56 Å². The van der Waals surface area contributed by atoms with E-state index in [9.17, 15) is 14.4 Å². The van der Waals surface area contributed by atoms with Gasteiger partial charge in [-0.25, -0.2) is 4.90 Å². The number of para-hydroxylation sites is 2. The van der Waals surface area contributed by atoms with E-state index in [4.69, 9.17) is 4.74 Å². The predicted molar refractivity (Wildman–Crippen MR) is 117 cm³/mol. The molecular weight excluding hydrogens is 390 g/mol. The summed E-state index contributed by atoms with van der Waals surface area (Å²) in [4.78, 5) is 40.4. The Balaban J connectivity index is 1.38. The number of imide groups is 1. The second kappa shape index (κ2) is 7.19. The number of ketones is 1. The van der Waals surface area contributed by atoms with Crippen LogP contribution in [-0.2, 0) is 9.59 Å². The highest BCUT2D eigenvalue weighted by Gasteiger charge is 2.61. The van der Waals surface area contributed by atoms with Gasteiger partial charge in [0.25, 0.3) is 0 Å². The van der Waals surface area contributed by atoms with Crippen molar-refractivity contribution in [3.05, 3.63) is 70.8 Å². The van der Waals surface area contributed by atoms with Gasteiger partial charge in [0.15, 0.2) is 12.4 Å². The molecule has 31 heavy (non-hydrogen) atoms. The second-order valence-electron chi connectivity index (χ2n) is 8.96. The van der Waals surface area contributed by atoms with Gasteiger partial charge in [0.2, 0.25) is 11.8 Å². The molecule has 158 valence electrons. The Bertz CT molecular complexity index is 1150. The number of Topliss-reactive ketones (excluding diaryl/α,β-unsaturated/α-hetero) is 1. The molecule has 0 N–H and O–H groups in total. The van der Waals surface area contributed by atoms with E-state index < -0.39 is 0 Å². The van der Waals surface area contributed by atoms with Crippen LogP contribution in [0.2, 0.25) is 0 Å². The van der Waals surface area contributed by atoms with Crippen LogP contribution in [-0.4, -0.2) is 24.2 Å². The van der Waals surface area contributed by atoms with Crippen molar-refractivity contribution in [2.45, 2.75) is 27.2 Å². The van der Waals surface area contributed by atoms with Crippen LogP contribution in [0.5, 0.6) is 5.75 Å². The summed E-state index contributed by atoms with van der Waals surface area (Å²) in [5, 5.41) is 0. The molecule has 2 fully saturated rings. The standard InChI is InChI=1S/C26H25NO4/c1-14-8-9-17(10-15(14)2)21(28)13-31-22-7-5-4-6-20(22)27-25(29)23-18-11-16(3)19(12-18)24(23)26(27)30/h4-11,18-19,23-24H,12-13H2,1-3H3/t18-,19+,23+,24-/m0/s1. The summed E-state index contributed by atoms with van der Waals surface area (Å²) in [6.45, 7) is 5.86. The van der Waals surface area contributed by atoms with E-state index in [0.29, 0.717) is 17.0 Å². The van der Waals surface area contributed by atoms with Crippen molar-refractivity contribution in [2.75, 3.05) is 11.5 Å². The molecule has 5 nitrogen and oxygen atoms in total. The minimum Gasteiger partial charge on any atom is -0.483 e. The van der Waals surface area contributed by atoms with Crippen LogP contribution in [0.4, 0.5) is 5.69 Å². The van der Waals surface area contributed by atoms with Crippen LogP contribution in [0.25, 0.3) is 0 Å². The summed E-state index contributed by atoms with van der Waals surface area (Å²) in [5.74, 6) is -0.301. The molecule has 2 aromatic carbocycles. The fourth-order valence-corrected chi connectivity index (χ4v) is 5.42. The van der Waals surface area contributed by atoms with Crippen LogP contribution >= 0.6 is 0 Å². The number of ether oxygens (including phenoxy) is 1. The van der Waals surface area contributed by atoms with Crippen LogP contribution in [0.3, 0.4) is 0 Å². The summed E-state index contributed by atoms with van der Waals surface area (Å²) in [6.07, 6.45) is 3.06. The van der Waals surface area contributed by atoms with E-state index in [1.165, 1.54) is 10.5 Å². The highest BCUT2D eigenvalue weighted by atomic mass is 16.5. The molecule has 1 aliphatic heterocycles. The molecule has 0 aromatic heterocycles. The number of rotatable bonds is 5. The fourth-order valence-electron chi connectivity index (χ4n) is 5.42. The minimum atomic E-state index is -0.272. The van der Waals surface area contributed by atoms with E-state index in [1.54, 1.807) is 30.3 Å². The molecule has 1 saturated carbocycles. The number of nitrogens with zero attached hydrogens (tertiary/aromatic N) is 1. The number of carbonyl (C=O) groups excluding carboxylic acids is 3. The van der Waals surface area contributed by atoms with E-state index >= 15 is 0 Å². The number of allylic oxidation sites excluding steroid dienone is 2. The molecule has 3 aliphatic rings. The zero-order valence-corrected chi connectivity index (χ0v) is 17.9. The average molecular weight is 415 g/mol. The molecule has 4 atom stereocenters. The molecule has 1 heterocycles. The number of carbonyl (C=O) groups is 3. The lowest BCUT2D eigenvalue weighted by atomic mass is 9.82. The first-order chi connectivity index (χ1) is 14.9. The third kappa shape index (κ3) is 3.02. The Morgan fingerprint density at radius 1 is 1.00 bits per heavy atom. The summed E-state index contributed by atoms with van der Waals surface area (Å²) in [6, 6.07) is 12.5. The molecule has 1 saturated heterocycles. The third-order valence-corrected chi connectivity index (χ3v) is 7.17. The Morgan fingerprint density at radius 2 is 1.74 bits per heavy atom. The highest BCUT2D eigenvalue weighted by Crippen LogP contribution is 2.56. The SMILES string of the molecule is CC1=C[C@H]2C[C@H]1[C@@H]1C(=O)N(c3ccccc3OCC(=O)c3ccc(C)c(C)c3)C(=O)[C@@H]12. The first-order valence-corrected chi connectivity index (χ1v) is 10.7. The predicted octanol–water partition coefficient (Wildman–Crippen LogP) is 4.27. The van der Waals surface area contributed by atoms with Gasteiger partial charge >= 0.3 is 0 Å². The number of aryl methyl sites for hydroxylation is 2. The van der Waals surface area contributed by atoms with Gasteiger partial charge in [0.05, 0.1) is 17.5 Å². The number of fused-ring (bicyclic) bond motifs is 5. The van der Waals surface area contributed by atoms with Crippen molar-refractivity contribution in [1.29, 1.82) is 0 Å². The number of amides is 2. The van der Waals surface area contributed by atoms with Crippen molar-refractivity contribution in [2.24, 2.45) is 23.7 Å². The van der Waals surface area contributed by atoms with Gasteiger partial charge in [-0.3, -0.25) is 14.4 Å². The molecule has 2 aromatic rings. The maximum atomic E-state index is 13.3. The van der Waals surface area contributed by atoms with Crippen LogP contribution in [0.1, 0.15) is 34.8 Å². The van der Waals surface area contributed by atoms with Gasteiger partial charge in [-0.1, -0.05) is 35.9 Å². The Morgan fingerprint density at radius 3 is 2.52 bits per heavy atom. The number of hydrogen-bond acceptors (Lipinski definition) is 4. The number of benzene rings is 2. The van der Waals surface area contributed by atoms with Crippen LogP contribution in [0.15, 0.2) is 54.1 Å². The molecule has 0 radical (unpaired) electrons. The van der Waals surface area contributed by atoms with Crippen LogP contribution in [0, 0.1) is 37.5 Å². The van der Waals surface area contributed by atoms with Gasteiger partial charge in [-0.15, -0.1) is 0 Å². The van der Waals surface area contributed by atoms with E-state index in [-0.39, 0.29) is 47.9 Å². The van der Waals surface area contributed by atoms with Gasteiger partial charge in [-0.2, -0.15) is 0 Å². The van der Waals surface area contributed by atoms with Crippen molar-refractivity contribution in [3.8, 4) is 5.75 Å². The van der Waals surface area contributed by atoms with Gasteiger partial charge < -0.3 is 4.74 Å². The quantitative estimate of drug-likeness (QED) is 0.416. The van der Waals surface area contributed by atoms with Crippen molar-refractivity contribution in [3.63, 3.8) is 0 Å². The van der Waals surface area contributed by atoms with Crippen molar-refractivity contribution in [1.82, 2.24) is 0 Å². The van der Waals surface area contributed by atoms with E-state index in [0.717, 1.165) is 17.5 Å². The summed E-state index contributed by atoms with van der Waals surface area (Å²) in [7, 11) is 0. The zero-order valence-electron chi connectivity index (χ0n) is 17.9. The largest absolute Gasteiger partial charge is 0.483 e. The summed E-state index contributed by atoms with van der Waals surface area (Å²) in [5.41, 5.74) is 4.40. The molecular formula is C26H25NO4. The molecule has 0 spiro atoms. The summed E-state index contributed by atoms with van der Waals surface area (Å²) < 4.78 is 5.84. The smallest absolute Gasteiger partial charge is 0.238 e. The second-order valence-corrected chi connectivity index (χ2v) is 8.96. The molecule has 0 unspecified atom stereocenters. The molecule has 2 bridgehead atoms. The Labute approximate surface area is 181 Å². The van der Waals surface area contributed by atoms with Gasteiger partial charge in [0.1, 0.15) is 5.75 Å². The topological polar surface area (TPSA) is 63.7 Å². The molecule has 5 heteroatoms. The normalized spacial score (nSPS) is 26.3. The highest BCUT2D eigenvalue weighted by molar-refractivity contribution is 6.23. The van der Waals surface area contributed by atoms with E-state index in [2.05, 4.69) is 13.0 Å². The Kier molecular flexibility index (Phi) is 4.58. The monoisotopic (exact) mass is 415 g/mol. The summed E-state index contributed by atoms with van der Waals surface area (Å²) >= 11 is 0. The third-order valence-electron chi connectivity index (χ3n) is 7.17. The minimum absolute atomic E-state index is 0.147.